The normalized spacial score (nSPS) is 12.7. The molecule has 0 saturated carbocycles. The first-order chi connectivity index (χ1) is 7.59. The molecular formula is C11H11Cl2N3. The van der Waals surface area contributed by atoms with Crippen molar-refractivity contribution in [1.29, 1.82) is 0 Å². The van der Waals surface area contributed by atoms with Crippen LogP contribution in [0.3, 0.4) is 0 Å². The smallest absolute Gasteiger partial charge is 0.122 e. The van der Waals surface area contributed by atoms with Crippen LogP contribution in [0, 0.1) is 0 Å². The minimum atomic E-state index is -0.0406. The van der Waals surface area contributed by atoms with Gasteiger partial charge in [0.05, 0.1) is 12.2 Å². The molecule has 0 radical (unpaired) electrons. The van der Waals surface area contributed by atoms with Crippen molar-refractivity contribution in [3.05, 3.63) is 46.1 Å². The molecule has 2 rings (SSSR count). The second-order valence-corrected chi connectivity index (χ2v) is 4.39. The predicted molar refractivity (Wildman–Crippen MR) is 66.9 cm³/mol. The molecule has 1 atom stereocenters. The van der Waals surface area contributed by atoms with Crippen LogP contribution in [0.15, 0.2) is 30.5 Å². The molecule has 0 saturated heterocycles. The van der Waals surface area contributed by atoms with Gasteiger partial charge in [-0.1, -0.05) is 23.2 Å². The third-order valence-electron chi connectivity index (χ3n) is 2.48. The van der Waals surface area contributed by atoms with E-state index in [-0.39, 0.29) is 6.04 Å². The second kappa shape index (κ2) is 4.36. The lowest BCUT2D eigenvalue weighted by Gasteiger charge is -2.16. The molecular weight excluding hydrogens is 245 g/mol. The molecule has 0 fully saturated rings. The molecule has 1 heterocycles. The van der Waals surface area contributed by atoms with Crippen LogP contribution in [0.1, 0.15) is 18.5 Å². The van der Waals surface area contributed by atoms with E-state index in [1.807, 2.05) is 13.0 Å². The van der Waals surface area contributed by atoms with Crippen LogP contribution in [0.4, 0.5) is 5.82 Å². The fraction of sp³-hybridized carbons (Fsp3) is 0.182. The van der Waals surface area contributed by atoms with Crippen molar-refractivity contribution in [3.63, 3.8) is 0 Å². The van der Waals surface area contributed by atoms with Crippen molar-refractivity contribution >= 4 is 29.0 Å². The van der Waals surface area contributed by atoms with E-state index in [2.05, 4.69) is 5.10 Å². The monoisotopic (exact) mass is 255 g/mol. The van der Waals surface area contributed by atoms with Crippen LogP contribution < -0.4 is 5.73 Å². The highest BCUT2D eigenvalue weighted by Gasteiger charge is 2.14. The maximum absolute atomic E-state index is 6.12. The number of nitrogens with two attached hydrogens (primary N) is 1. The Morgan fingerprint density at radius 2 is 2.06 bits per heavy atom. The zero-order chi connectivity index (χ0) is 11.7. The Morgan fingerprint density at radius 3 is 2.69 bits per heavy atom. The number of rotatable bonds is 2. The summed E-state index contributed by atoms with van der Waals surface area (Å²) in [6.45, 7) is 1.97. The van der Waals surface area contributed by atoms with E-state index in [1.54, 1.807) is 29.1 Å². The Hall–Kier alpha value is -1.19. The number of hydrogen-bond donors (Lipinski definition) is 1. The Balaban J connectivity index is 2.45. The van der Waals surface area contributed by atoms with E-state index < -0.39 is 0 Å². The molecule has 84 valence electrons. The van der Waals surface area contributed by atoms with Gasteiger partial charge in [-0.2, -0.15) is 5.10 Å². The standard InChI is InChI=1S/C11H11Cl2N3/c1-7(16-11(14)4-5-15-16)9-6-8(12)2-3-10(9)13/h2-7H,14H2,1H3/t7-/m1/s1. The fourth-order valence-electron chi connectivity index (χ4n) is 1.61. The van der Waals surface area contributed by atoms with Gasteiger partial charge in [0.15, 0.2) is 0 Å². The summed E-state index contributed by atoms with van der Waals surface area (Å²) in [5.41, 5.74) is 6.70. The summed E-state index contributed by atoms with van der Waals surface area (Å²) in [6.07, 6.45) is 1.66. The van der Waals surface area contributed by atoms with Crippen LogP contribution in [-0.2, 0) is 0 Å². The van der Waals surface area contributed by atoms with Gasteiger partial charge in [0.25, 0.3) is 0 Å². The van der Waals surface area contributed by atoms with Gasteiger partial charge in [-0.3, -0.25) is 0 Å². The van der Waals surface area contributed by atoms with Crippen molar-refractivity contribution in [1.82, 2.24) is 9.78 Å². The molecule has 2 N–H and O–H groups in total. The Labute approximate surface area is 104 Å². The molecule has 5 heteroatoms. The average molecular weight is 256 g/mol. The van der Waals surface area contributed by atoms with Gasteiger partial charge in [0, 0.05) is 10.0 Å². The Kier molecular flexibility index (Phi) is 3.08. The van der Waals surface area contributed by atoms with Gasteiger partial charge in [0.1, 0.15) is 5.82 Å². The summed E-state index contributed by atoms with van der Waals surface area (Å²) in [5, 5.41) is 5.46. The molecule has 3 nitrogen and oxygen atoms in total. The predicted octanol–water partition coefficient (Wildman–Crippen LogP) is 3.38. The van der Waals surface area contributed by atoms with Gasteiger partial charge in [-0.25, -0.2) is 4.68 Å². The highest BCUT2D eigenvalue weighted by molar-refractivity contribution is 6.33. The molecule has 0 spiro atoms. The molecule has 0 bridgehead atoms. The lowest BCUT2D eigenvalue weighted by molar-refractivity contribution is 0.573. The molecule has 0 unspecified atom stereocenters. The Bertz CT molecular complexity index is 508. The van der Waals surface area contributed by atoms with Crippen molar-refractivity contribution in [3.8, 4) is 0 Å². The SMILES string of the molecule is C[C@H](c1cc(Cl)ccc1Cl)n1nccc1N. The largest absolute Gasteiger partial charge is 0.384 e. The van der Waals surface area contributed by atoms with Crippen LogP contribution in [0.25, 0.3) is 0 Å². The zero-order valence-electron chi connectivity index (χ0n) is 8.69. The van der Waals surface area contributed by atoms with E-state index >= 15 is 0 Å². The Morgan fingerprint density at radius 1 is 1.31 bits per heavy atom. The van der Waals surface area contributed by atoms with E-state index in [0.29, 0.717) is 15.9 Å². The third kappa shape index (κ3) is 2.01. The lowest BCUT2D eigenvalue weighted by atomic mass is 10.1. The van der Waals surface area contributed by atoms with Gasteiger partial charge in [-0.15, -0.1) is 0 Å². The number of benzene rings is 1. The summed E-state index contributed by atoms with van der Waals surface area (Å²) in [6, 6.07) is 7.06. The summed E-state index contributed by atoms with van der Waals surface area (Å²) in [7, 11) is 0. The van der Waals surface area contributed by atoms with Crippen molar-refractivity contribution < 1.29 is 0 Å². The quantitative estimate of drug-likeness (QED) is 0.895. The lowest BCUT2D eigenvalue weighted by Crippen LogP contribution is -2.11. The maximum Gasteiger partial charge on any atom is 0.122 e. The molecule has 1 aromatic heterocycles. The fourth-order valence-corrected chi connectivity index (χ4v) is 2.07. The minimum absolute atomic E-state index is 0.0406. The average Bonchev–Trinajstić information content (AvgIpc) is 2.67. The van der Waals surface area contributed by atoms with E-state index in [1.165, 1.54) is 0 Å². The number of hydrogen-bond acceptors (Lipinski definition) is 2. The first kappa shape index (κ1) is 11.3. The number of anilines is 1. The maximum atomic E-state index is 6.12. The van der Waals surface area contributed by atoms with Crippen molar-refractivity contribution in [2.45, 2.75) is 13.0 Å². The second-order valence-electron chi connectivity index (χ2n) is 3.54. The van der Waals surface area contributed by atoms with E-state index in [0.717, 1.165) is 5.56 Å². The topological polar surface area (TPSA) is 43.8 Å². The van der Waals surface area contributed by atoms with Gasteiger partial charge in [0.2, 0.25) is 0 Å². The highest BCUT2D eigenvalue weighted by atomic mass is 35.5. The number of nitrogens with zero attached hydrogens (tertiary/aromatic N) is 2. The first-order valence-electron chi connectivity index (χ1n) is 4.83. The minimum Gasteiger partial charge on any atom is -0.384 e. The number of nitrogen functional groups attached to an aromatic ring is 1. The molecule has 1 aromatic carbocycles. The first-order valence-corrected chi connectivity index (χ1v) is 5.59. The number of halogens is 2. The van der Waals surface area contributed by atoms with Crippen LogP contribution in [0.5, 0.6) is 0 Å². The summed E-state index contributed by atoms with van der Waals surface area (Å²) >= 11 is 12.1. The summed E-state index contributed by atoms with van der Waals surface area (Å²) in [5.74, 6) is 0.601. The third-order valence-corrected chi connectivity index (χ3v) is 3.06. The van der Waals surface area contributed by atoms with Crippen LogP contribution in [0.2, 0.25) is 10.0 Å². The molecule has 0 aliphatic rings. The van der Waals surface area contributed by atoms with E-state index in [9.17, 15) is 0 Å². The van der Waals surface area contributed by atoms with Crippen molar-refractivity contribution in [2.24, 2.45) is 0 Å². The molecule has 0 aliphatic carbocycles. The van der Waals surface area contributed by atoms with Crippen LogP contribution >= 0.6 is 23.2 Å². The number of aromatic nitrogens is 2. The molecule has 2 aromatic rings. The van der Waals surface area contributed by atoms with Gasteiger partial charge in [-0.05, 0) is 36.8 Å². The van der Waals surface area contributed by atoms with E-state index in [4.69, 9.17) is 28.9 Å². The van der Waals surface area contributed by atoms with Crippen molar-refractivity contribution in [2.75, 3.05) is 5.73 Å². The highest BCUT2D eigenvalue weighted by Crippen LogP contribution is 2.29. The summed E-state index contributed by atoms with van der Waals surface area (Å²) in [4.78, 5) is 0. The molecule has 0 amide bonds. The van der Waals surface area contributed by atoms with Gasteiger partial charge < -0.3 is 5.73 Å². The van der Waals surface area contributed by atoms with Gasteiger partial charge >= 0.3 is 0 Å². The summed E-state index contributed by atoms with van der Waals surface area (Å²) < 4.78 is 1.71. The molecule has 16 heavy (non-hydrogen) atoms. The molecule has 0 aliphatic heterocycles. The zero-order valence-corrected chi connectivity index (χ0v) is 10.2. The van der Waals surface area contributed by atoms with Crippen LogP contribution in [-0.4, -0.2) is 9.78 Å².